The Hall–Kier alpha value is -1.75. The van der Waals surface area contributed by atoms with Gasteiger partial charge in [0.05, 0.1) is 30.7 Å². The Morgan fingerprint density at radius 2 is 2.35 bits per heavy atom. The zero-order valence-electron chi connectivity index (χ0n) is 12.1. The number of anilines is 2. The summed E-state index contributed by atoms with van der Waals surface area (Å²) in [7, 11) is 3.36. The molecule has 1 saturated heterocycles. The molecule has 1 heterocycles. The first-order chi connectivity index (χ1) is 9.61. The molecule has 0 aliphatic carbocycles. The number of nitrogen functional groups attached to an aromatic ring is 1. The van der Waals surface area contributed by atoms with E-state index < -0.39 is 0 Å². The highest BCUT2D eigenvalue weighted by atomic mass is 16.5. The van der Waals surface area contributed by atoms with Crippen LogP contribution in [-0.2, 0) is 9.47 Å². The predicted octanol–water partition coefficient (Wildman–Crippen LogP) is 1.92. The molecule has 1 aromatic rings. The minimum absolute atomic E-state index is 0.347. The molecule has 110 valence electrons. The number of nitrogens with zero attached hydrogens (tertiary/aromatic N) is 1. The standard InChI is InChI=1S/C15H22N2O3/c1-17(9-11-4-3-7-20-10-11)14-8-12(15(18)19-2)5-6-13(14)16/h5-6,8,11H,3-4,7,9-10,16H2,1-2H3. The van der Waals surface area contributed by atoms with Gasteiger partial charge in [0.2, 0.25) is 0 Å². The highest BCUT2D eigenvalue weighted by Gasteiger charge is 2.18. The monoisotopic (exact) mass is 278 g/mol. The number of carbonyl (C=O) groups excluding carboxylic acids is 1. The van der Waals surface area contributed by atoms with Crippen LogP contribution in [0.2, 0.25) is 0 Å². The van der Waals surface area contributed by atoms with Gasteiger partial charge in [-0.3, -0.25) is 0 Å². The minimum Gasteiger partial charge on any atom is -0.465 e. The molecule has 5 nitrogen and oxygen atoms in total. The molecule has 0 radical (unpaired) electrons. The van der Waals surface area contributed by atoms with Gasteiger partial charge in [-0.1, -0.05) is 0 Å². The van der Waals surface area contributed by atoms with E-state index in [2.05, 4.69) is 4.90 Å². The number of benzene rings is 1. The maximum atomic E-state index is 11.6. The van der Waals surface area contributed by atoms with E-state index in [4.69, 9.17) is 15.2 Å². The summed E-state index contributed by atoms with van der Waals surface area (Å²) in [5.74, 6) is 0.163. The summed E-state index contributed by atoms with van der Waals surface area (Å²) in [6, 6.07) is 5.21. The summed E-state index contributed by atoms with van der Waals surface area (Å²) in [6.45, 7) is 2.52. The van der Waals surface area contributed by atoms with Crippen molar-refractivity contribution < 1.29 is 14.3 Å². The maximum Gasteiger partial charge on any atom is 0.337 e. The van der Waals surface area contributed by atoms with E-state index in [0.717, 1.165) is 31.9 Å². The van der Waals surface area contributed by atoms with Gasteiger partial charge < -0.3 is 20.1 Å². The van der Waals surface area contributed by atoms with Crippen LogP contribution in [0.3, 0.4) is 0 Å². The molecule has 0 saturated carbocycles. The third-order valence-corrected chi connectivity index (χ3v) is 3.65. The molecule has 1 atom stereocenters. The molecule has 2 N–H and O–H groups in total. The first-order valence-corrected chi connectivity index (χ1v) is 6.88. The molecule has 0 spiro atoms. The molecule has 1 unspecified atom stereocenters. The number of carbonyl (C=O) groups is 1. The van der Waals surface area contributed by atoms with Crippen LogP contribution >= 0.6 is 0 Å². The van der Waals surface area contributed by atoms with Crippen LogP contribution in [0.5, 0.6) is 0 Å². The van der Waals surface area contributed by atoms with Crippen LogP contribution < -0.4 is 10.6 Å². The summed E-state index contributed by atoms with van der Waals surface area (Å²) >= 11 is 0. The second-order valence-electron chi connectivity index (χ2n) is 5.23. The highest BCUT2D eigenvalue weighted by Crippen LogP contribution is 2.26. The lowest BCUT2D eigenvalue weighted by atomic mass is 10.0. The van der Waals surface area contributed by atoms with Crippen molar-refractivity contribution in [2.45, 2.75) is 12.8 Å². The molecular formula is C15H22N2O3. The van der Waals surface area contributed by atoms with Crippen molar-refractivity contribution in [2.24, 2.45) is 5.92 Å². The number of esters is 1. The lowest BCUT2D eigenvalue weighted by Crippen LogP contribution is -2.31. The molecule has 1 fully saturated rings. The smallest absolute Gasteiger partial charge is 0.337 e. The average molecular weight is 278 g/mol. The highest BCUT2D eigenvalue weighted by molar-refractivity contribution is 5.92. The van der Waals surface area contributed by atoms with E-state index in [0.29, 0.717) is 17.2 Å². The van der Waals surface area contributed by atoms with Gasteiger partial charge in [0.15, 0.2) is 0 Å². The second kappa shape index (κ2) is 6.61. The molecule has 1 aliphatic heterocycles. The van der Waals surface area contributed by atoms with Gasteiger partial charge in [0.1, 0.15) is 0 Å². The van der Waals surface area contributed by atoms with Crippen LogP contribution in [0.4, 0.5) is 11.4 Å². The van der Waals surface area contributed by atoms with Crippen molar-refractivity contribution in [3.05, 3.63) is 23.8 Å². The molecular weight excluding hydrogens is 256 g/mol. The van der Waals surface area contributed by atoms with E-state index in [1.54, 1.807) is 18.2 Å². The van der Waals surface area contributed by atoms with Crippen molar-refractivity contribution >= 4 is 17.3 Å². The van der Waals surface area contributed by atoms with Crippen LogP contribution in [0.1, 0.15) is 23.2 Å². The SMILES string of the molecule is COC(=O)c1ccc(N)c(N(C)CC2CCCOC2)c1. The van der Waals surface area contributed by atoms with Crippen molar-refractivity contribution in [1.82, 2.24) is 0 Å². The Morgan fingerprint density at radius 1 is 1.55 bits per heavy atom. The number of nitrogens with two attached hydrogens (primary N) is 1. The summed E-state index contributed by atoms with van der Waals surface area (Å²) in [4.78, 5) is 13.7. The first-order valence-electron chi connectivity index (χ1n) is 6.88. The second-order valence-corrected chi connectivity index (χ2v) is 5.23. The Kier molecular flexibility index (Phi) is 4.84. The van der Waals surface area contributed by atoms with Gasteiger partial charge in [0, 0.05) is 20.2 Å². The largest absolute Gasteiger partial charge is 0.465 e. The fourth-order valence-corrected chi connectivity index (χ4v) is 2.56. The molecule has 1 aromatic carbocycles. The number of hydrogen-bond acceptors (Lipinski definition) is 5. The van der Waals surface area contributed by atoms with Gasteiger partial charge in [0.25, 0.3) is 0 Å². The molecule has 0 aromatic heterocycles. The summed E-state index contributed by atoms with van der Waals surface area (Å²) < 4.78 is 10.2. The van der Waals surface area contributed by atoms with Crippen LogP contribution in [0, 0.1) is 5.92 Å². The zero-order valence-corrected chi connectivity index (χ0v) is 12.1. The topological polar surface area (TPSA) is 64.8 Å². The summed E-state index contributed by atoms with van der Waals surface area (Å²) in [5, 5.41) is 0. The third-order valence-electron chi connectivity index (χ3n) is 3.65. The fraction of sp³-hybridized carbons (Fsp3) is 0.533. The van der Waals surface area contributed by atoms with Crippen LogP contribution in [0.15, 0.2) is 18.2 Å². The molecule has 5 heteroatoms. The third kappa shape index (κ3) is 3.42. The molecule has 20 heavy (non-hydrogen) atoms. The molecule has 0 bridgehead atoms. The van der Waals surface area contributed by atoms with Crippen molar-refractivity contribution in [3.63, 3.8) is 0 Å². The van der Waals surface area contributed by atoms with E-state index >= 15 is 0 Å². The van der Waals surface area contributed by atoms with E-state index in [9.17, 15) is 4.79 Å². The molecule has 0 amide bonds. The van der Waals surface area contributed by atoms with Crippen molar-refractivity contribution in [2.75, 3.05) is 44.5 Å². The Balaban J connectivity index is 2.11. The van der Waals surface area contributed by atoms with Gasteiger partial charge in [-0.05, 0) is 37.0 Å². The summed E-state index contributed by atoms with van der Waals surface area (Å²) in [6.07, 6.45) is 2.27. The quantitative estimate of drug-likeness (QED) is 0.673. The van der Waals surface area contributed by atoms with Gasteiger partial charge in [-0.25, -0.2) is 4.79 Å². The number of ether oxygens (including phenoxy) is 2. The van der Waals surface area contributed by atoms with Gasteiger partial charge >= 0.3 is 5.97 Å². The Bertz CT molecular complexity index is 470. The van der Waals surface area contributed by atoms with E-state index in [1.807, 2.05) is 7.05 Å². The zero-order chi connectivity index (χ0) is 14.5. The minimum atomic E-state index is -0.347. The normalized spacial score (nSPS) is 18.6. The Morgan fingerprint density at radius 3 is 3.00 bits per heavy atom. The van der Waals surface area contributed by atoms with Gasteiger partial charge in [-0.15, -0.1) is 0 Å². The maximum absolute atomic E-state index is 11.6. The van der Waals surface area contributed by atoms with Crippen LogP contribution in [-0.4, -0.2) is 39.9 Å². The number of hydrogen-bond donors (Lipinski definition) is 1. The fourth-order valence-electron chi connectivity index (χ4n) is 2.56. The lowest BCUT2D eigenvalue weighted by Gasteiger charge is -2.29. The summed E-state index contributed by atoms with van der Waals surface area (Å²) in [5.41, 5.74) is 8.05. The number of methoxy groups -OCH3 is 1. The lowest BCUT2D eigenvalue weighted by molar-refractivity contribution is 0.0576. The van der Waals surface area contributed by atoms with E-state index in [1.165, 1.54) is 13.5 Å². The predicted molar refractivity (Wildman–Crippen MR) is 79.0 cm³/mol. The molecule has 1 aliphatic rings. The average Bonchev–Trinajstić information content (AvgIpc) is 2.48. The molecule has 2 rings (SSSR count). The van der Waals surface area contributed by atoms with Gasteiger partial charge in [-0.2, -0.15) is 0 Å². The van der Waals surface area contributed by atoms with Crippen LogP contribution in [0.25, 0.3) is 0 Å². The first kappa shape index (κ1) is 14.7. The Labute approximate surface area is 119 Å². The van der Waals surface area contributed by atoms with Crippen molar-refractivity contribution in [1.29, 1.82) is 0 Å². The van der Waals surface area contributed by atoms with Crippen molar-refractivity contribution in [3.8, 4) is 0 Å². The number of rotatable bonds is 4. The van der Waals surface area contributed by atoms with E-state index in [-0.39, 0.29) is 5.97 Å².